The first-order valence-corrected chi connectivity index (χ1v) is 18.3. The van der Waals surface area contributed by atoms with Crippen molar-refractivity contribution in [2.75, 3.05) is 14.1 Å². The molecule has 1 rings (SSSR count). The van der Waals surface area contributed by atoms with Gasteiger partial charge in [0.2, 0.25) is 0 Å². The van der Waals surface area contributed by atoms with E-state index in [0.29, 0.717) is 5.41 Å². The second kappa shape index (κ2) is 6.21. The van der Waals surface area contributed by atoms with Gasteiger partial charge in [-0.25, -0.2) is 0 Å². The molecule has 1 unspecified atom stereocenters. The van der Waals surface area contributed by atoms with Crippen molar-refractivity contribution in [2.24, 2.45) is 11.3 Å². The van der Waals surface area contributed by atoms with Crippen molar-refractivity contribution < 1.29 is 0 Å². The van der Waals surface area contributed by atoms with E-state index in [1.165, 1.54) is 21.7 Å². The Morgan fingerprint density at radius 3 is 2.39 bits per heavy atom. The minimum atomic E-state index is -1.71. The summed E-state index contributed by atoms with van der Waals surface area (Å²) in [6, 6.07) is 0. The Morgan fingerprint density at radius 2 is 1.94 bits per heavy atom. The van der Waals surface area contributed by atoms with Crippen LogP contribution >= 0.6 is 15.9 Å². The molecule has 1 aliphatic rings. The maximum atomic E-state index is 3.81. The van der Waals surface area contributed by atoms with Gasteiger partial charge < -0.3 is 0 Å². The molecular formula is C14H28BBrNSn. The van der Waals surface area contributed by atoms with Gasteiger partial charge >= 0.3 is 128 Å². The molecule has 0 aliphatic heterocycles. The first kappa shape index (κ1) is 17.1. The number of allylic oxidation sites excluding steroid dienone is 1. The number of hydrogen-bond donors (Lipinski definition) is 0. The monoisotopic (exact) mass is 420 g/mol. The first-order chi connectivity index (χ1) is 8.00. The molecule has 0 saturated heterocycles. The maximum absolute atomic E-state index is 3.81. The van der Waals surface area contributed by atoms with Crippen molar-refractivity contribution in [3.63, 3.8) is 0 Å². The zero-order valence-electron chi connectivity index (χ0n) is 13.1. The Balaban J connectivity index is 2.92. The third kappa shape index (κ3) is 5.58. The Morgan fingerprint density at radius 1 is 1.39 bits per heavy atom. The van der Waals surface area contributed by atoms with Crippen LogP contribution < -0.4 is 0 Å². The molecule has 103 valence electrons. The van der Waals surface area contributed by atoms with Crippen molar-refractivity contribution in [3.8, 4) is 0 Å². The standard InChI is InChI=1S/C11H19BBrN.3CH3.Sn/c1-8-6-11(2,3)7-9(8)10(13)12-14(4)5;;;;/h8H,1,6-7H2,2-5H3;3*1H3;. The molecule has 1 fully saturated rings. The van der Waals surface area contributed by atoms with Crippen LogP contribution in [0.3, 0.4) is 0 Å². The Bertz CT molecular complexity index is 331. The minimum absolute atomic E-state index is 0.482. The van der Waals surface area contributed by atoms with Crippen LogP contribution in [0.1, 0.15) is 26.7 Å². The van der Waals surface area contributed by atoms with E-state index in [-0.39, 0.29) is 0 Å². The van der Waals surface area contributed by atoms with Gasteiger partial charge in [0, 0.05) is 0 Å². The topological polar surface area (TPSA) is 3.24 Å². The predicted molar refractivity (Wildman–Crippen MR) is 90.1 cm³/mol. The summed E-state index contributed by atoms with van der Waals surface area (Å²) in [5.74, 6) is 0.821. The molecule has 0 bridgehead atoms. The van der Waals surface area contributed by atoms with Crippen LogP contribution in [-0.4, -0.2) is 44.7 Å². The Labute approximate surface area is 127 Å². The van der Waals surface area contributed by atoms with E-state index in [1.807, 2.05) is 0 Å². The van der Waals surface area contributed by atoms with E-state index >= 15 is 0 Å². The second-order valence-electron chi connectivity index (χ2n) is 7.97. The average molecular weight is 420 g/mol. The predicted octanol–water partition coefficient (Wildman–Crippen LogP) is 4.55. The van der Waals surface area contributed by atoms with E-state index in [4.69, 9.17) is 0 Å². The summed E-state index contributed by atoms with van der Waals surface area (Å²) in [4.78, 5) is 9.81. The van der Waals surface area contributed by atoms with Crippen molar-refractivity contribution in [2.45, 2.75) is 45.9 Å². The molecule has 18 heavy (non-hydrogen) atoms. The molecule has 0 aromatic carbocycles. The number of rotatable bonds is 4. The van der Waals surface area contributed by atoms with Crippen LogP contribution in [0.15, 0.2) is 9.95 Å². The van der Waals surface area contributed by atoms with Crippen molar-refractivity contribution >= 4 is 41.7 Å². The summed E-state index contributed by atoms with van der Waals surface area (Å²) in [5.41, 5.74) is 2.15. The molecule has 1 aliphatic carbocycles. The molecule has 0 amide bonds. The fourth-order valence-corrected chi connectivity index (χ4v) is 9.25. The van der Waals surface area contributed by atoms with Gasteiger partial charge in [-0.2, -0.15) is 0 Å². The summed E-state index contributed by atoms with van der Waals surface area (Å²) in [7, 11) is 6.42. The molecule has 1 radical (unpaired) electrons. The molecule has 1 atom stereocenters. The molecule has 0 N–H and O–H groups in total. The van der Waals surface area contributed by atoms with Crippen LogP contribution in [0.2, 0.25) is 19.3 Å². The number of hydrogen-bond acceptors (Lipinski definition) is 1. The fraction of sp³-hybridized carbons (Fsp3) is 0.857. The van der Waals surface area contributed by atoms with Gasteiger partial charge in [0.15, 0.2) is 0 Å². The third-order valence-corrected chi connectivity index (χ3v) is 9.11. The van der Waals surface area contributed by atoms with Gasteiger partial charge in [-0.15, -0.1) is 0 Å². The van der Waals surface area contributed by atoms with Crippen molar-refractivity contribution in [3.05, 3.63) is 9.95 Å². The summed E-state index contributed by atoms with van der Waals surface area (Å²) in [6.45, 7) is 4.84. The number of halogens is 1. The van der Waals surface area contributed by atoms with Crippen LogP contribution in [0.4, 0.5) is 0 Å². The van der Waals surface area contributed by atoms with Gasteiger partial charge in [-0.3, -0.25) is 0 Å². The fourth-order valence-electron chi connectivity index (χ4n) is 3.05. The molecule has 0 aromatic heterocycles. The van der Waals surface area contributed by atoms with E-state index in [1.54, 1.807) is 5.57 Å². The van der Waals surface area contributed by atoms with E-state index < -0.39 is 18.4 Å². The molecule has 4 heteroatoms. The quantitative estimate of drug-likeness (QED) is 0.604. The molecular weight excluding hydrogens is 392 g/mol. The van der Waals surface area contributed by atoms with E-state index in [0.717, 1.165) is 5.92 Å². The molecule has 0 heterocycles. The Kier molecular flexibility index (Phi) is 5.90. The summed E-state index contributed by atoms with van der Waals surface area (Å²) in [5, 5.41) is 0. The van der Waals surface area contributed by atoms with Gasteiger partial charge in [0.1, 0.15) is 0 Å². The molecule has 1 saturated carbocycles. The summed E-state index contributed by atoms with van der Waals surface area (Å²) in [6.07, 6.45) is 2.62. The van der Waals surface area contributed by atoms with E-state index in [9.17, 15) is 0 Å². The SMILES string of the molecule is CN(C)[B]C(Br)=C1CC(C)(C)CC1[CH2][Sn]([CH3])([CH3])[CH3]. The van der Waals surface area contributed by atoms with Crippen LogP contribution in [-0.2, 0) is 0 Å². The molecule has 0 aromatic rings. The number of nitrogens with zero attached hydrogens (tertiary/aromatic N) is 1. The Hall–Kier alpha value is 1.04. The first-order valence-electron chi connectivity index (χ1n) is 6.90. The van der Waals surface area contributed by atoms with Crippen LogP contribution in [0.25, 0.3) is 0 Å². The van der Waals surface area contributed by atoms with E-state index in [2.05, 4.69) is 70.9 Å². The van der Waals surface area contributed by atoms with Gasteiger partial charge in [0.25, 0.3) is 0 Å². The van der Waals surface area contributed by atoms with Crippen LogP contribution in [0, 0.1) is 11.3 Å². The zero-order valence-corrected chi connectivity index (χ0v) is 17.5. The summed E-state index contributed by atoms with van der Waals surface area (Å²) >= 11 is 2.10. The van der Waals surface area contributed by atoms with Gasteiger partial charge in [0.05, 0.1) is 0 Å². The van der Waals surface area contributed by atoms with Gasteiger partial charge in [-0.05, 0) is 0 Å². The van der Waals surface area contributed by atoms with Crippen LogP contribution in [0.5, 0.6) is 0 Å². The van der Waals surface area contributed by atoms with Crippen molar-refractivity contribution in [1.82, 2.24) is 4.81 Å². The molecule has 0 spiro atoms. The van der Waals surface area contributed by atoms with Gasteiger partial charge in [-0.1, -0.05) is 0 Å². The zero-order chi connectivity index (χ0) is 14.1. The summed E-state index contributed by atoms with van der Waals surface area (Å²) < 4.78 is 2.82. The third-order valence-electron chi connectivity index (χ3n) is 3.50. The van der Waals surface area contributed by atoms with Crippen molar-refractivity contribution in [1.29, 1.82) is 0 Å². The second-order valence-corrected chi connectivity index (χ2v) is 24.6. The molecule has 1 nitrogen and oxygen atoms in total. The average Bonchev–Trinajstić information content (AvgIpc) is 2.36. The normalized spacial score (nSPS) is 26.6.